The summed E-state index contributed by atoms with van der Waals surface area (Å²) in [5, 5.41) is 0.625. The van der Waals surface area contributed by atoms with Crippen molar-refractivity contribution in [2.75, 3.05) is 0 Å². The predicted octanol–water partition coefficient (Wildman–Crippen LogP) is 5.64. The molecule has 0 radical (unpaired) electrons. The molecule has 2 heterocycles. The molecule has 0 saturated heterocycles. The number of carbonyl (C=O) groups is 1. The molecule has 30 heavy (non-hydrogen) atoms. The Bertz CT molecular complexity index is 1190. The van der Waals surface area contributed by atoms with E-state index in [9.17, 15) is 4.79 Å². The van der Waals surface area contributed by atoms with Gasteiger partial charge in [-0.25, -0.2) is 0 Å². The Labute approximate surface area is 179 Å². The van der Waals surface area contributed by atoms with Gasteiger partial charge in [0.15, 0.2) is 0 Å². The first kappa shape index (κ1) is 18.6. The number of nitrogens with one attached hydrogen (secondary N) is 1. The SMILES string of the molecule is O=C1Oc2nc(-c3cccc(Cl)c3)[nH]c2[C@H](c2ccccc2)[C@@H]1Cc1ccccc1. The van der Waals surface area contributed by atoms with Gasteiger partial charge in [-0.15, -0.1) is 0 Å². The zero-order chi connectivity index (χ0) is 20.5. The van der Waals surface area contributed by atoms with Crippen LogP contribution in [0.25, 0.3) is 11.4 Å². The molecule has 0 fully saturated rings. The molecule has 1 aromatic heterocycles. The lowest BCUT2D eigenvalue weighted by Gasteiger charge is -2.29. The van der Waals surface area contributed by atoms with Crippen molar-refractivity contribution in [3.63, 3.8) is 0 Å². The van der Waals surface area contributed by atoms with Crippen molar-refractivity contribution in [2.24, 2.45) is 5.92 Å². The number of benzene rings is 3. The van der Waals surface area contributed by atoms with Gasteiger partial charge in [0.25, 0.3) is 0 Å². The Morgan fingerprint density at radius 2 is 1.67 bits per heavy atom. The van der Waals surface area contributed by atoms with Crippen LogP contribution in [0, 0.1) is 5.92 Å². The van der Waals surface area contributed by atoms with Crippen molar-refractivity contribution in [1.29, 1.82) is 0 Å². The largest absolute Gasteiger partial charge is 0.405 e. The zero-order valence-corrected chi connectivity index (χ0v) is 16.8. The monoisotopic (exact) mass is 414 g/mol. The third kappa shape index (κ3) is 3.51. The van der Waals surface area contributed by atoms with Crippen LogP contribution >= 0.6 is 11.6 Å². The maximum absolute atomic E-state index is 13.0. The van der Waals surface area contributed by atoms with Gasteiger partial charge in [0, 0.05) is 16.5 Å². The van der Waals surface area contributed by atoms with Crippen LogP contribution in [0.4, 0.5) is 0 Å². The van der Waals surface area contributed by atoms with E-state index in [4.69, 9.17) is 16.3 Å². The second-order valence-corrected chi connectivity index (χ2v) is 7.86. The van der Waals surface area contributed by atoms with E-state index in [0.717, 1.165) is 22.4 Å². The van der Waals surface area contributed by atoms with Gasteiger partial charge in [-0.2, -0.15) is 4.98 Å². The molecule has 0 bridgehead atoms. The Kier molecular flexibility index (Phi) is 4.85. The predicted molar refractivity (Wildman–Crippen MR) is 117 cm³/mol. The molecule has 148 valence electrons. The summed E-state index contributed by atoms with van der Waals surface area (Å²) in [6.07, 6.45) is 0.587. The molecule has 0 saturated carbocycles. The number of fused-ring (bicyclic) bond motifs is 1. The average molecular weight is 415 g/mol. The van der Waals surface area contributed by atoms with Crippen molar-refractivity contribution in [3.8, 4) is 17.3 Å². The highest BCUT2D eigenvalue weighted by Crippen LogP contribution is 2.43. The van der Waals surface area contributed by atoms with Crippen molar-refractivity contribution < 1.29 is 9.53 Å². The summed E-state index contributed by atoms with van der Waals surface area (Å²) in [5.41, 5.74) is 3.81. The number of hydrogen-bond acceptors (Lipinski definition) is 3. The number of imidazole rings is 1. The molecule has 4 aromatic rings. The fourth-order valence-electron chi connectivity index (χ4n) is 4.07. The number of H-pyrrole nitrogens is 1. The summed E-state index contributed by atoms with van der Waals surface area (Å²) in [6, 6.07) is 27.5. The first-order chi connectivity index (χ1) is 14.7. The van der Waals surface area contributed by atoms with Gasteiger partial charge in [-0.05, 0) is 29.7 Å². The highest BCUT2D eigenvalue weighted by molar-refractivity contribution is 6.30. The minimum Gasteiger partial charge on any atom is -0.405 e. The fraction of sp³-hybridized carbons (Fsp3) is 0.120. The van der Waals surface area contributed by atoms with Crippen LogP contribution < -0.4 is 4.74 Å². The minimum atomic E-state index is -0.352. The number of ether oxygens (including phenoxy) is 1. The van der Waals surface area contributed by atoms with Crippen LogP contribution in [0.2, 0.25) is 5.02 Å². The van der Waals surface area contributed by atoms with Crippen molar-refractivity contribution in [2.45, 2.75) is 12.3 Å². The molecule has 0 spiro atoms. The van der Waals surface area contributed by atoms with E-state index in [1.165, 1.54) is 0 Å². The maximum atomic E-state index is 13.0. The maximum Gasteiger partial charge on any atom is 0.317 e. The third-order valence-electron chi connectivity index (χ3n) is 5.47. The van der Waals surface area contributed by atoms with Gasteiger partial charge in [-0.3, -0.25) is 4.79 Å². The molecule has 4 nitrogen and oxygen atoms in total. The van der Waals surface area contributed by atoms with E-state index < -0.39 is 0 Å². The van der Waals surface area contributed by atoms with E-state index in [0.29, 0.717) is 23.1 Å². The Hall–Kier alpha value is -3.37. The van der Waals surface area contributed by atoms with Crippen LogP contribution in [0.5, 0.6) is 5.88 Å². The van der Waals surface area contributed by atoms with Crippen LogP contribution in [0.15, 0.2) is 84.9 Å². The number of rotatable bonds is 4. The van der Waals surface area contributed by atoms with Gasteiger partial charge < -0.3 is 9.72 Å². The molecule has 0 aliphatic carbocycles. The summed E-state index contributed by atoms with van der Waals surface area (Å²) in [4.78, 5) is 21.0. The minimum absolute atomic E-state index is 0.178. The summed E-state index contributed by atoms with van der Waals surface area (Å²) >= 11 is 6.16. The molecule has 1 aliphatic rings. The molecule has 1 aliphatic heterocycles. The number of carbonyl (C=O) groups excluding carboxylic acids is 1. The summed E-state index contributed by atoms with van der Waals surface area (Å²) in [5.74, 6) is 0.187. The van der Waals surface area contributed by atoms with Gasteiger partial charge in [0.05, 0.1) is 11.6 Å². The second kappa shape index (κ2) is 7.81. The fourth-order valence-corrected chi connectivity index (χ4v) is 4.26. The lowest BCUT2D eigenvalue weighted by Crippen LogP contribution is -2.34. The van der Waals surface area contributed by atoms with Gasteiger partial charge in [-0.1, -0.05) is 84.4 Å². The Morgan fingerprint density at radius 1 is 0.933 bits per heavy atom. The lowest BCUT2D eigenvalue weighted by molar-refractivity contribution is -0.141. The molecular weight excluding hydrogens is 396 g/mol. The molecule has 1 N–H and O–H groups in total. The highest BCUT2D eigenvalue weighted by Gasteiger charge is 2.41. The molecule has 3 aromatic carbocycles. The Morgan fingerprint density at radius 3 is 2.40 bits per heavy atom. The number of esters is 1. The molecule has 2 atom stereocenters. The van der Waals surface area contributed by atoms with Gasteiger partial charge >= 0.3 is 5.97 Å². The van der Waals surface area contributed by atoms with Crippen molar-refractivity contribution in [1.82, 2.24) is 9.97 Å². The lowest BCUT2D eigenvalue weighted by atomic mass is 9.79. The first-order valence-electron chi connectivity index (χ1n) is 9.85. The number of aromatic amines is 1. The highest BCUT2D eigenvalue weighted by atomic mass is 35.5. The third-order valence-corrected chi connectivity index (χ3v) is 5.70. The normalized spacial score (nSPS) is 18.0. The van der Waals surface area contributed by atoms with E-state index in [-0.39, 0.29) is 17.8 Å². The number of aromatic nitrogens is 2. The van der Waals surface area contributed by atoms with E-state index in [2.05, 4.69) is 9.97 Å². The number of nitrogens with zero attached hydrogens (tertiary/aromatic N) is 1. The molecule has 0 unspecified atom stereocenters. The summed E-state index contributed by atoms with van der Waals surface area (Å²) in [7, 11) is 0. The molecule has 5 rings (SSSR count). The summed E-state index contributed by atoms with van der Waals surface area (Å²) in [6.45, 7) is 0. The first-order valence-corrected chi connectivity index (χ1v) is 10.2. The number of halogens is 1. The van der Waals surface area contributed by atoms with E-state index >= 15 is 0 Å². The second-order valence-electron chi connectivity index (χ2n) is 7.42. The summed E-state index contributed by atoms with van der Waals surface area (Å²) < 4.78 is 5.69. The van der Waals surface area contributed by atoms with E-state index in [1.54, 1.807) is 0 Å². The average Bonchev–Trinajstić information content (AvgIpc) is 3.19. The zero-order valence-electron chi connectivity index (χ0n) is 16.1. The van der Waals surface area contributed by atoms with Crippen LogP contribution in [-0.4, -0.2) is 15.9 Å². The standard InChI is InChI=1S/C25H19ClN2O2/c26-19-13-7-12-18(15-19)23-27-22-21(17-10-5-2-6-11-17)20(25(29)30-24(22)28-23)14-16-8-3-1-4-9-16/h1-13,15,20-21H,14H2,(H,27,28)/t20-,21+/m0/s1. The van der Waals surface area contributed by atoms with Crippen molar-refractivity contribution in [3.05, 3.63) is 107 Å². The topological polar surface area (TPSA) is 55.0 Å². The van der Waals surface area contributed by atoms with Gasteiger partial charge in [0.2, 0.25) is 5.88 Å². The number of hydrogen-bond donors (Lipinski definition) is 1. The Balaban J connectivity index is 1.61. The van der Waals surface area contributed by atoms with Crippen LogP contribution in [0.1, 0.15) is 22.7 Å². The molecule has 0 amide bonds. The van der Waals surface area contributed by atoms with Crippen molar-refractivity contribution >= 4 is 17.6 Å². The quantitative estimate of drug-likeness (QED) is 0.439. The molecule has 5 heteroatoms. The van der Waals surface area contributed by atoms with Gasteiger partial charge in [0.1, 0.15) is 5.82 Å². The van der Waals surface area contributed by atoms with E-state index in [1.807, 2.05) is 84.9 Å². The smallest absolute Gasteiger partial charge is 0.317 e. The molecular formula is C25H19ClN2O2. The van der Waals surface area contributed by atoms with Crippen LogP contribution in [0.3, 0.4) is 0 Å². The van der Waals surface area contributed by atoms with Crippen LogP contribution in [-0.2, 0) is 11.2 Å².